The molecule has 1 aromatic carbocycles. The van der Waals surface area contributed by atoms with E-state index in [0.717, 1.165) is 23.3 Å². The Morgan fingerprint density at radius 1 is 1.23 bits per heavy atom. The van der Waals surface area contributed by atoms with E-state index >= 15 is 0 Å². The Morgan fingerprint density at radius 3 is 2.61 bits per heavy atom. The summed E-state index contributed by atoms with van der Waals surface area (Å²) < 4.78 is 43.8. The standard InChI is InChI=1S/C20H19ClF3N5O2/c21-17-13-3-4-25-15(13)2-1-14(17)18(30)26-11-16(29-5-7-31-8-6-29)12-9-27-19(28-10-12)20(22,23)24/h1-4,9-10,16,25H,5-8,11H2,(H,26,30). The number of rotatable bonds is 5. The molecule has 1 atom stereocenters. The number of ether oxygens (including phenoxy) is 1. The molecule has 2 N–H and O–H groups in total. The number of benzene rings is 1. The lowest BCUT2D eigenvalue weighted by molar-refractivity contribution is -0.145. The lowest BCUT2D eigenvalue weighted by Gasteiger charge is -2.34. The molecule has 31 heavy (non-hydrogen) atoms. The number of nitrogens with zero attached hydrogens (tertiary/aromatic N) is 3. The van der Waals surface area contributed by atoms with Crippen LogP contribution in [0, 0.1) is 0 Å². The van der Waals surface area contributed by atoms with Crippen molar-refractivity contribution in [2.24, 2.45) is 0 Å². The molecule has 3 heterocycles. The third-order valence-corrected chi connectivity index (χ3v) is 5.57. The van der Waals surface area contributed by atoms with Gasteiger partial charge in [-0.15, -0.1) is 0 Å². The second-order valence-electron chi connectivity index (χ2n) is 7.08. The molecular weight excluding hydrogens is 435 g/mol. The number of hydrogen-bond donors (Lipinski definition) is 2. The Balaban J connectivity index is 1.54. The number of hydrogen-bond acceptors (Lipinski definition) is 5. The van der Waals surface area contributed by atoms with Gasteiger partial charge >= 0.3 is 6.18 Å². The molecule has 11 heteroatoms. The van der Waals surface area contributed by atoms with E-state index in [1.54, 1.807) is 24.4 Å². The molecular formula is C20H19ClF3N5O2. The van der Waals surface area contributed by atoms with Crippen LogP contribution in [0.25, 0.3) is 10.9 Å². The van der Waals surface area contributed by atoms with Crippen molar-refractivity contribution in [3.05, 3.63) is 58.8 Å². The SMILES string of the molecule is O=C(NCC(c1cnc(C(F)(F)F)nc1)N1CCOCC1)c1ccc2[nH]ccc2c1Cl. The van der Waals surface area contributed by atoms with E-state index in [-0.39, 0.29) is 12.5 Å². The second-order valence-corrected chi connectivity index (χ2v) is 7.46. The average Bonchev–Trinajstić information content (AvgIpc) is 3.24. The number of aromatic nitrogens is 3. The van der Waals surface area contributed by atoms with Crippen LogP contribution >= 0.6 is 11.6 Å². The molecule has 0 aliphatic carbocycles. The molecule has 2 aromatic heterocycles. The molecule has 0 radical (unpaired) electrons. The summed E-state index contributed by atoms with van der Waals surface area (Å²) in [7, 11) is 0. The summed E-state index contributed by atoms with van der Waals surface area (Å²) >= 11 is 6.38. The maximum absolute atomic E-state index is 12.8. The molecule has 1 unspecified atom stereocenters. The Kier molecular flexibility index (Phi) is 6.12. The van der Waals surface area contributed by atoms with Gasteiger partial charge in [0.05, 0.1) is 29.8 Å². The lowest BCUT2D eigenvalue weighted by Crippen LogP contribution is -2.44. The molecule has 0 saturated carbocycles. The summed E-state index contributed by atoms with van der Waals surface area (Å²) in [6.07, 6.45) is -0.575. The number of fused-ring (bicyclic) bond motifs is 1. The number of nitrogens with one attached hydrogen (secondary N) is 2. The van der Waals surface area contributed by atoms with Gasteiger partial charge in [0.1, 0.15) is 0 Å². The minimum atomic E-state index is -4.62. The van der Waals surface area contributed by atoms with E-state index in [1.165, 1.54) is 0 Å². The van der Waals surface area contributed by atoms with Crippen LogP contribution in [0.5, 0.6) is 0 Å². The predicted molar refractivity (Wildman–Crippen MR) is 108 cm³/mol. The number of alkyl halides is 3. The third kappa shape index (κ3) is 4.65. The number of carbonyl (C=O) groups excluding carboxylic acids is 1. The molecule has 1 saturated heterocycles. The topological polar surface area (TPSA) is 83.1 Å². The highest BCUT2D eigenvalue weighted by Crippen LogP contribution is 2.28. The zero-order valence-electron chi connectivity index (χ0n) is 16.2. The smallest absolute Gasteiger partial charge is 0.379 e. The van der Waals surface area contributed by atoms with Crippen LogP contribution in [0.1, 0.15) is 27.8 Å². The van der Waals surface area contributed by atoms with Gasteiger partial charge in [0.2, 0.25) is 5.82 Å². The fraction of sp³-hybridized carbons (Fsp3) is 0.350. The van der Waals surface area contributed by atoms with Crippen LogP contribution < -0.4 is 5.32 Å². The Bertz CT molecular complexity index is 1060. The fourth-order valence-corrected chi connectivity index (χ4v) is 3.87. The highest BCUT2D eigenvalue weighted by Gasteiger charge is 2.35. The van der Waals surface area contributed by atoms with E-state index in [2.05, 4.69) is 20.3 Å². The highest BCUT2D eigenvalue weighted by atomic mass is 35.5. The van der Waals surface area contributed by atoms with E-state index in [0.29, 0.717) is 42.5 Å². The van der Waals surface area contributed by atoms with Crippen LogP contribution in [0.3, 0.4) is 0 Å². The van der Waals surface area contributed by atoms with Gasteiger partial charge < -0.3 is 15.0 Å². The minimum Gasteiger partial charge on any atom is -0.379 e. The number of carbonyl (C=O) groups is 1. The van der Waals surface area contributed by atoms with Gasteiger partial charge in [0.25, 0.3) is 5.91 Å². The van der Waals surface area contributed by atoms with Crippen molar-refractivity contribution in [1.29, 1.82) is 0 Å². The second kappa shape index (κ2) is 8.81. The molecule has 1 fully saturated rings. The van der Waals surface area contributed by atoms with Gasteiger partial charge in [0.15, 0.2) is 0 Å². The van der Waals surface area contributed by atoms with Crippen LogP contribution in [0.4, 0.5) is 13.2 Å². The summed E-state index contributed by atoms with van der Waals surface area (Å²) in [6.45, 7) is 2.26. The van der Waals surface area contributed by atoms with Crippen molar-refractivity contribution >= 4 is 28.4 Å². The zero-order chi connectivity index (χ0) is 22.0. The maximum atomic E-state index is 12.8. The monoisotopic (exact) mass is 453 g/mol. The fourth-order valence-electron chi connectivity index (χ4n) is 3.56. The van der Waals surface area contributed by atoms with Crippen LogP contribution in [-0.2, 0) is 10.9 Å². The minimum absolute atomic E-state index is 0.148. The summed E-state index contributed by atoms with van der Waals surface area (Å²) in [4.78, 5) is 24.8. The van der Waals surface area contributed by atoms with Crippen molar-refractivity contribution in [2.45, 2.75) is 12.2 Å². The van der Waals surface area contributed by atoms with Crippen molar-refractivity contribution in [3.63, 3.8) is 0 Å². The van der Waals surface area contributed by atoms with Gasteiger partial charge in [-0.2, -0.15) is 13.2 Å². The van der Waals surface area contributed by atoms with Gasteiger partial charge in [-0.1, -0.05) is 11.6 Å². The summed E-state index contributed by atoms with van der Waals surface area (Å²) in [5.74, 6) is -1.58. The molecule has 0 spiro atoms. The Labute approximate surface area is 180 Å². The van der Waals surface area contributed by atoms with Crippen molar-refractivity contribution in [1.82, 2.24) is 25.2 Å². The Morgan fingerprint density at radius 2 is 1.94 bits per heavy atom. The van der Waals surface area contributed by atoms with Crippen molar-refractivity contribution < 1.29 is 22.7 Å². The highest BCUT2D eigenvalue weighted by molar-refractivity contribution is 6.38. The van der Waals surface area contributed by atoms with E-state index in [9.17, 15) is 18.0 Å². The number of amides is 1. The molecule has 4 rings (SSSR count). The van der Waals surface area contributed by atoms with Crippen LogP contribution in [0.2, 0.25) is 5.02 Å². The first-order valence-electron chi connectivity index (χ1n) is 9.59. The first-order valence-corrected chi connectivity index (χ1v) is 9.97. The average molecular weight is 454 g/mol. The van der Waals surface area contributed by atoms with Gasteiger partial charge in [0, 0.05) is 54.7 Å². The van der Waals surface area contributed by atoms with Gasteiger partial charge in [-0.05, 0) is 18.2 Å². The number of H-pyrrole nitrogens is 1. The first-order chi connectivity index (χ1) is 14.8. The maximum Gasteiger partial charge on any atom is 0.451 e. The number of halogens is 4. The molecule has 7 nitrogen and oxygen atoms in total. The third-order valence-electron chi connectivity index (χ3n) is 5.17. The van der Waals surface area contributed by atoms with Gasteiger partial charge in [-0.3, -0.25) is 9.69 Å². The summed E-state index contributed by atoms with van der Waals surface area (Å²) in [6, 6.07) is 4.76. The number of morpholine rings is 1. The van der Waals surface area contributed by atoms with Crippen molar-refractivity contribution in [3.8, 4) is 0 Å². The number of aromatic amines is 1. The molecule has 3 aromatic rings. The van der Waals surface area contributed by atoms with E-state index in [4.69, 9.17) is 16.3 Å². The predicted octanol–water partition coefficient (Wildman–Crippen LogP) is 3.43. The molecule has 1 aliphatic rings. The summed E-state index contributed by atoms with van der Waals surface area (Å²) in [5.41, 5.74) is 1.61. The normalized spacial score (nSPS) is 16.4. The van der Waals surface area contributed by atoms with E-state index in [1.807, 2.05) is 4.90 Å². The molecule has 1 aliphatic heterocycles. The largest absolute Gasteiger partial charge is 0.451 e. The zero-order valence-corrected chi connectivity index (χ0v) is 17.0. The Hall–Kier alpha value is -2.69. The molecule has 1 amide bonds. The van der Waals surface area contributed by atoms with Crippen molar-refractivity contribution in [2.75, 3.05) is 32.8 Å². The first kappa shape index (κ1) is 21.5. The van der Waals surface area contributed by atoms with Crippen LogP contribution in [0.15, 0.2) is 36.8 Å². The van der Waals surface area contributed by atoms with Crippen LogP contribution in [-0.4, -0.2) is 58.6 Å². The van der Waals surface area contributed by atoms with E-state index < -0.39 is 18.0 Å². The molecule has 0 bridgehead atoms. The summed E-state index contributed by atoms with van der Waals surface area (Å²) in [5, 5.41) is 3.91. The lowest BCUT2D eigenvalue weighted by atomic mass is 10.1. The van der Waals surface area contributed by atoms with Gasteiger partial charge in [-0.25, -0.2) is 9.97 Å². The molecule has 164 valence electrons. The quantitative estimate of drug-likeness (QED) is 0.618.